The van der Waals surface area contributed by atoms with Crippen molar-refractivity contribution >= 4 is 29.0 Å². The summed E-state index contributed by atoms with van der Waals surface area (Å²) in [5, 5.41) is 6.11. The Morgan fingerprint density at radius 1 is 1.17 bits per heavy atom. The minimum absolute atomic E-state index is 0.290. The van der Waals surface area contributed by atoms with Crippen LogP contribution in [0.2, 0.25) is 0 Å². The zero-order chi connectivity index (χ0) is 13.0. The lowest BCUT2D eigenvalue weighted by Crippen LogP contribution is -2.20. The summed E-state index contributed by atoms with van der Waals surface area (Å²) in [5.74, 6) is 0.135. The Morgan fingerprint density at radius 3 is 2.56 bits per heavy atom. The number of anilines is 2. The molecule has 2 N–H and O–H groups in total. The molecule has 0 amide bonds. The lowest BCUT2D eigenvalue weighted by atomic mass is 10.3. The van der Waals surface area contributed by atoms with E-state index in [1.807, 2.05) is 6.92 Å². The topological polar surface area (TPSA) is 49.8 Å². The van der Waals surface area contributed by atoms with E-state index in [2.05, 4.69) is 20.6 Å². The van der Waals surface area contributed by atoms with Crippen molar-refractivity contribution in [2.75, 3.05) is 10.6 Å². The molecule has 92 valence electrons. The van der Waals surface area contributed by atoms with Crippen LogP contribution in [0.15, 0.2) is 36.5 Å². The number of benzene rings is 1. The zero-order valence-corrected chi connectivity index (χ0v) is 10.5. The minimum Gasteiger partial charge on any atom is -0.332 e. The first kappa shape index (κ1) is 12.4. The van der Waals surface area contributed by atoms with Crippen LogP contribution >= 0.6 is 12.2 Å². The van der Waals surface area contributed by atoms with E-state index in [4.69, 9.17) is 12.2 Å². The van der Waals surface area contributed by atoms with Crippen molar-refractivity contribution < 1.29 is 4.39 Å². The Morgan fingerprint density at radius 2 is 1.89 bits per heavy atom. The third-order valence-corrected chi connectivity index (χ3v) is 2.33. The maximum Gasteiger partial charge on any atom is 0.229 e. The quantitative estimate of drug-likeness (QED) is 0.815. The molecule has 2 aromatic rings. The van der Waals surface area contributed by atoms with Gasteiger partial charge in [-0.25, -0.2) is 14.4 Å². The third-order valence-electron chi connectivity index (χ3n) is 2.12. The van der Waals surface area contributed by atoms with E-state index in [1.165, 1.54) is 12.1 Å². The van der Waals surface area contributed by atoms with Gasteiger partial charge in [0.2, 0.25) is 5.95 Å². The Balaban J connectivity index is 1.98. The van der Waals surface area contributed by atoms with Crippen LogP contribution in [0.1, 0.15) is 5.69 Å². The first-order chi connectivity index (χ1) is 8.63. The second-order valence-electron chi connectivity index (χ2n) is 3.61. The summed E-state index contributed by atoms with van der Waals surface area (Å²) in [6.45, 7) is 1.86. The Bertz CT molecular complexity index is 556. The van der Waals surface area contributed by atoms with Crippen molar-refractivity contribution in [3.63, 3.8) is 0 Å². The number of nitrogens with zero attached hydrogens (tertiary/aromatic N) is 2. The van der Waals surface area contributed by atoms with Crippen molar-refractivity contribution in [1.82, 2.24) is 9.97 Å². The maximum atomic E-state index is 12.7. The number of rotatable bonds is 2. The molecule has 0 bridgehead atoms. The van der Waals surface area contributed by atoms with E-state index in [0.29, 0.717) is 16.7 Å². The summed E-state index contributed by atoms with van der Waals surface area (Å²) >= 11 is 5.10. The van der Waals surface area contributed by atoms with E-state index in [9.17, 15) is 4.39 Å². The van der Waals surface area contributed by atoms with E-state index in [0.717, 1.165) is 5.69 Å². The van der Waals surface area contributed by atoms with Crippen LogP contribution in [0.25, 0.3) is 0 Å². The van der Waals surface area contributed by atoms with Gasteiger partial charge in [-0.05, 0) is 49.5 Å². The summed E-state index contributed by atoms with van der Waals surface area (Å²) < 4.78 is 12.7. The monoisotopic (exact) mass is 262 g/mol. The Kier molecular flexibility index (Phi) is 3.78. The Labute approximate surface area is 109 Å². The van der Waals surface area contributed by atoms with Crippen LogP contribution in [0.5, 0.6) is 0 Å². The molecular formula is C12H11FN4S. The van der Waals surface area contributed by atoms with Crippen molar-refractivity contribution in [1.29, 1.82) is 0 Å². The van der Waals surface area contributed by atoms with Crippen LogP contribution in [-0.2, 0) is 0 Å². The molecule has 18 heavy (non-hydrogen) atoms. The highest BCUT2D eigenvalue weighted by Gasteiger charge is 2.01. The van der Waals surface area contributed by atoms with Gasteiger partial charge in [0.25, 0.3) is 0 Å². The van der Waals surface area contributed by atoms with Crippen molar-refractivity contribution in [3.05, 3.63) is 48.0 Å². The molecule has 0 spiro atoms. The smallest absolute Gasteiger partial charge is 0.229 e. The first-order valence-electron chi connectivity index (χ1n) is 5.27. The van der Waals surface area contributed by atoms with Crippen molar-refractivity contribution in [3.8, 4) is 0 Å². The van der Waals surface area contributed by atoms with Crippen molar-refractivity contribution in [2.45, 2.75) is 6.92 Å². The fourth-order valence-electron chi connectivity index (χ4n) is 1.31. The molecule has 6 heteroatoms. The number of halogens is 1. The fourth-order valence-corrected chi connectivity index (χ4v) is 1.52. The van der Waals surface area contributed by atoms with Crippen LogP contribution < -0.4 is 10.6 Å². The molecule has 1 aromatic heterocycles. The second-order valence-corrected chi connectivity index (χ2v) is 4.02. The van der Waals surface area contributed by atoms with Crippen LogP contribution in [0.3, 0.4) is 0 Å². The van der Waals surface area contributed by atoms with E-state index in [1.54, 1.807) is 24.4 Å². The Hall–Kier alpha value is -2.08. The van der Waals surface area contributed by atoms with Crippen LogP contribution in [0.4, 0.5) is 16.0 Å². The summed E-state index contributed by atoms with van der Waals surface area (Å²) in [6, 6.07) is 7.70. The number of aryl methyl sites for hydroxylation is 1. The standard InChI is InChI=1S/C12H11FN4S/c1-8-6-7-14-11(15-8)17-12(18)16-10-4-2-9(13)3-5-10/h2-7H,1H3,(H2,14,15,16,17,18). The van der Waals surface area contributed by atoms with Gasteiger partial charge in [-0.15, -0.1) is 0 Å². The highest BCUT2D eigenvalue weighted by Crippen LogP contribution is 2.09. The maximum absolute atomic E-state index is 12.7. The van der Waals surface area contributed by atoms with Crippen LogP contribution in [0, 0.1) is 12.7 Å². The molecule has 4 nitrogen and oxygen atoms in total. The number of thiocarbonyl (C=S) groups is 1. The molecular weight excluding hydrogens is 251 g/mol. The highest BCUT2D eigenvalue weighted by molar-refractivity contribution is 7.80. The molecule has 0 aliphatic carbocycles. The number of hydrogen-bond acceptors (Lipinski definition) is 3. The number of hydrogen-bond donors (Lipinski definition) is 2. The molecule has 0 unspecified atom stereocenters. The minimum atomic E-state index is -0.290. The molecule has 0 fully saturated rings. The van der Waals surface area contributed by atoms with Crippen LogP contribution in [-0.4, -0.2) is 15.1 Å². The average Bonchev–Trinajstić information content (AvgIpc) is 2.32. The summed E-state index contributed by atoms with van der Waals surface area (Å²) in [5.41, 5.74) is 1.54. The molecule has 1 heterocycles. The zero-order valence-electron chi connectivity index (χ0n) is 9.64. The highest BCUT2D eigenvalue weighted by atomic mass is 32.1. The van der Waals surface area contributed by atoms with E-state index < -0.39 is 0 Å². The normalized spacial score (nSPS) is 9.89. The number of aromatic nitrogens is 2. The van der Waals surface area contributed by atoms with Gasteiger partial charge < -0.3 is 10.6 Å². The molecule has 0 atom stereocenters. The summed E-state index contributed by atoms with van der Waals surface area (Å²) in [6.07, 6.45) is 1.64. The predicted molar refractivity (Wildman–Crippen MR) is 73.0 cm³/mol. The van der Waals surface area contributed by atoms with Gasteiger partial charge >= 0.3 is 0 Å². The largest absolute Gasteiger partial charge is 0.332 e. The fraction of sp³-hybridized carbons (Fsp3) is 0.0833. The molecule has 0 aliphatic rings. The average molecular weight is 262 g/mol. The summed E-state index contributed by atoms with van der Waals surface area (Å²) in [4.78, 5) is 8.18. The lowest BCUT2D eigenvalue weighted by molar-refractivity contribution is 0.628. The predicted octanol–water partition coefficient (Wildman–Crippen LogP) is 2.73. The van der Waals surface area contributed by atoms with Gasteiger partial charge in [-0.1, -0.05) is 0 Å². The lowest BCUT2D eigenvalue weighted by Gasteiger charge is -2.09. The molecule has 0 saturated heterocycles. The molecule has 1 aromatic carbocycles. The van der Waals surface area contributed by atoms with Gasteiger partial charge in [-0.3, -0.25) is 0 Å². The van der Waals surface area contributed by atoms with Gasteiger partial charge in [-0.2, -0.15) is 0 Å². The summed E-state index contributed by atoms with van der Waals surface area (Å²) in [7, 11) is 0. The molecule has 2 rings (SSSR count). The molecule has 0 radical (unpaired) electrons. The van der Waals surface area contributed by atoms with E-state index in [-0.39, 0.29) is 5.82 Å². The molecule has 0 saturated carbocycles. The van der Waals surface area contributed by atoms with Gasteiger partial charge in [0.05, 0.1) is 0 Å². The second kappa shape index (κ2) is 5.50. The molecule has 0 aliphatic heterocycles. The van der Waals surface area contributed by atoms with Crippen molar-refractivity contribution in [2.24, 2.45) is 0 Å². The first-order valence-corrected chi connectivity index (χ1v) is 5.67. The number of nitrogens with one attached hydrogen (secondary N) is 2. The van der Waals surface area contributed by atoms with Gasteiger partial charge in [0.15, 0.2) is 5.11 Å². The third kappa shape index (κ3) is 3.46. The van der Waals surface area contributed by atoms with E-state index >= 15 is 0 Å². The van der Waals surface area contributed by atoms with Gasteiger partial charge in [0, 0.05) is 17.6 Å². The van der Waals surface area contributed by atoms with Gasteiger partial charge in [0.1, 0.15) is 5.82 Å². The SMILES string of the molecule is Cc1ccnc(NC(=S)Nc2ccc(F)cc2)n1.